The smallest absolute Gasteiger partial charge is 0.262 e. The second-order valence-electron chi connectivity index (χ2n) is 5.94. The van der Waals surface area contributed by atoms with E-state index in [9.17, 15) is 13.2 Å². The number of methoxy groups -OCH3 is 2. The van der Waals surface area contributed by atoms with Gasteiger partial charge in [-0.05, 0) is 24.3 Å². The molecule has 1 N–H and O–H groups in total. The Labute approximate surface area is 173 Å². The van der Waals surface area contributed by atoms with E-state index in [-0.39, 0.29) is 27.3 Å². The molecule has 2 aromatic rings. The van der Waals surface area contributed by atoms with Gasteiger partial charge in [0, 0.05) is 30.2 Å². The Balaban J connectivity index is 2.00. The number of hydrogen-bond donors (Lipinski definition) is 1. The number of rotatable bonds is 5. The van der Waals surface area contributed by atoms with Crippen LogP contribution >= 0.6 is 23.4 Å². The molecule has 0 saturated carbocycles. The van der Waals surface area contributed by atoms with Crippen LogP contribution in [0.25, 0.3) is 0 Å². The molecule has 1 amide bonds. The number of carbonyl (C=O) groups excluding carboxylic acids is 1. The van der Waals surface area contributed by atoms with E-state index in [1.165, 1.54) is 45.4 Å². The van der Waals surface area contributed by atoms with E-state index in [0.717, 1.165) is 10.6 Å². The summed E-state index contributed by atoms with van der Waals surface area (Å²) >= 11 is 7.70. The molecule has 150 valence electrons. The topological polar surface area (TPSA) is 84.9 Å². The zero-order chi connectivity index (χ0) is 20.5. The third-order valence-electron chi connectivity index (χ3n) is 4.20. The first-order valence-electron chi connectivity index (χ1n) is 8.26. The predicted molar refractivity (Wildman–Crippen MR) is 111 cm³/mol. The number of halogens is 1. The van der Waals surface area contributed by atoms with Crippen LogP contribution in [0.3, 0.4) is 0 Å². The summed E-state index contributed by atoms with van der Waals surface area (Å²) in [6.45, 7) is 2.00. The highest BCUT2D eigenvalue weighted by Crippen LogP contribution is 2.39. The van der Waals surface area contributed by atoms with Crippen molar-refractivity contribution in [3.8, 4) is 11.5 Å². The van der Waals surface area contributed by atoms with Crippen LogP contribution in [0.2, 0.25) is 5.02 Å². The molecule has 3 rings (SSSR count). The lowest BCUT2D eigenvalue weighted by Crippen LogP contribution is -2.33. The van der Waals surface area contributed by atoms with E-state index in [1.54, 1.807) is 22.7 Å². The number of nitrogens with zero attached hydrogens (tertiary/aromatic N) is 1. The lowest BCUT2D eigenvalue weighted by atomic mass is 10.2. The second kappa shape index (κ2) is 8.10. The van der Waals surface area contributed by atoms with E-state index in [4.69, 9.17) is 21.1 Å². The van der Waals surface area contributed by atoms with Crippen LogP contribution in [-0.2, 0) is 14.8 Å². The Hall–Kier alpha value is -2.10. The van der Waals surface area contributed by atoms with Crippen LogP contribution in [0.5, 0.6) is 11.5 Å². The van der Waals surface area contributed by atoms with Gasteiger partial charge in [0.2, 0.25) is 5.91 Å². The SMILES string of the molecule is COc1cc(OC)c(NS(=O)(=O)c2ccc3c(c2)N(C(C)=O)CCS3)cc1Cl. The highest BCUT2D eigenvalue weighted by atomic mass is 35.5. The molecule has 0 radical (unpaired) electrons. The molecule has 1 aliphatic rings. The van der Waals surface area contributed by atoms with Gasteiger partial charge in [-0.1, -0.05) is 11.6 Å². The number of fused-ring (bicyclic) bond motifs is 1. The Morgan fingerprint density at radius 3 is 2.54 bits per heavy atom. The number of carbonyl (C=O) groups is 1. The van der Waals surface area contributed by atoms with Crippen molar-refractivity contribution < 1.29 is 22.7 Å². The number of amides is 1. The van der Waals surface area contributed by atoms with E-state index in [1.807, 2.05) is 0 Å². The highest BCUT2D eigenvalue weighted by Gasteiger charge is 2.25. The molecular formula is C18H19ClN2O5S2. The molecule has 0 spiro atoms. The summed E-state index contributed by atoms with van der Waals surface area (Å²) in [5.41, 5.74) is 0.773. The fourth-order valence-electron chi connectivity index (χ4n) is 2.84. The summed E-state index contributed by atoms with van der Waals surface area (Å²) in [6, 6.07) is 7.65. The molecule has 1 aliphatic heterocycles. The molecule has 0 aliphatic carbocycles. The summed E-state index contributed by atoms with van der Waals surface area (Å²) in [7, 11) is -1.07. The second-order valence-corrected chi connectivity index (χ2v) is 9.17. The normalized spacial score (nSPS) is 13.6. The zero-order valence-corrected chi connectivity index (χ0v) is 17.9. The fraction of sp³-hybridized carbons (Fsp3) is 0.278. The summed E-state index contributed by atoms with van der Waals surface area (Å²) in [5, 5.41) is 0.241. The minimum absolute atomic E-state index is 0.0361. The number of benzene rings is 2. The average Bonchev–Trinajstić information content (AvgIpc) is 2.66. The molecule has 2 aromatic carbocycles. The molecule has 7 nitrogen and oxygen atoms in total. The van der Waals surface area contributed by atoms with Crippen LogP contribution in [0.15, 0.2) is 40.1 Å². The van der Waals surface area contributed by atoms with Crippen molar-refractivity contribution in [3.05, 3.63) is 35.4 Å². The summed E-state index contributed by atoms with van der Waals surface area (Å²) in [4.78, 5) is 14.4. The summed E-state index contributed by atoms with van der Waals surface area (Å²) < 4.78 is 38.8. The number of thioether (sulfide) groups is 1. The number of hydrogen-bond acceptors (Lipinski definition) is 6. The van der Waals surface area contributed by atoms with E-state index in [2.05, 4.69) is 4.72 Å². The molecule has 0 atom stereocenters. The Morgan fingerprint density at radius 2 is 1.89 bits per heavy atom. The predicted octanol–water partition coefficient (Wildman–Crippen LogP) is 3.62. The van der Waals surface area contributed by atoms with Crippen LogP contribution in [0.1, 0.15) is 6.92 Å². The van der Waals surface area contributed by atoms with Crippen LogP contribution in [0.4, 0.5) is 11.4 Å². The number of sulfonamides is 1. The highest BCUT2D eigenvalue weighted by molar-refractivity contribution is 7.99. The number of anilines is 2. The quantitative estimate of drug-likeness (QED) is 0.761. The lowest BCUT2D eigenvalue weighted by molar-refractivity contribution is -0.116. The van der Waals surface area contributed by atoms with Gasteiger partial charge in [0.25, 0.3) is 10.0 Å². The zero-order valence-electron chi connectivity index (χ0n) is 15.5. The molecule has 0 unspecified atom stereocenters. The minimum atomic E-state index is -3.94. The molecule has 1 heterocycles. The Bertz CT molecular complexity index is 1030. The van der Waals surface area contributed by atoms with Gasteiger partial charge in [0.15, 0.2) is 0 Å². The lowest BCUT2D eigenvalue weighted by Gasteiger charge is -2.28. The van der Waals surface area contributed by atoms with Gasteiger partial charge in [-0.2, -0.15) is 0 Å². The van der Waals surface area contributed by atoms with Crippen LogP contribution < -0.4 is 19.1 Å². The van der Waals surface area contributed by atoms with Crippen molar-refractivity contribution in [1.29, 1.82) is 0 Å². The van der Waals surface area contributed by atoms with Crippen molar-refractivity contribution in [1.82, 2.24) is 0 Å². The monoisotopic (exact) mass is 442 g/mol. The molecule has 0 fully saturated rings. The molecule has 0 saturated heterocycles. The third-order valence-corrected chi connectivity index (χ3v) is 6.90. The van der Waals surface area contributed by atoms with Crippen molar-refractivity contribution in [3.63, 3.8) is 0 Å². The Kier molecular flexibility index (Phi) is 5.97. The molecule has 10 heteroatoms. The standard InChI is InChI=1S/C18H19ClN2O5S2/c1-11(22)21-6-7-27-18-5-4-12(8-15(18)21)28(23,24)20-14-9-13(19)16(25-2)10-17(14)26-3/h4-5,8-10,20H,6-7H2,1-3H3. The number of nitrogens with one attached hydrogen (secondary N) is 1. The van der Waals surface area contributed by atoms with Crippen molar-refractivity contribution in [2.75, 3.05) is 36.1 Å². The van der Waals surface area contributed by atoms with Gasteiger partial charge in [0.1, 0.15) is 11.5 Å². The molecule has 0 aromatic heterocycles. The van der Waals surface area contributed by atoms with Gasteiger partial charge in [-0.25, -0.2) is 8.42 Å². The van der Waals surface area contributed by atoms with Crippen molar-refractivity contribution in [2.24, 2.45) is 0 Å². The maximum absolute atomic E-state index is 12.9. The average molecular weight is 443 g/mol. The first-order valence-corrected chi connectivity index (χ1v) is 11.1. The van der Waals surface area contributed by atoms with Gasteiger partial charge < -0.3 is 14.4 Å². The van der Waals surface area contributed by atoms with Gasteiger partial charge in [-0.15, -0.1) is 11.8 Å². The van der Waals surface area contributed by atoms with E-state index in [0.29, 0.717) is 18.0 Å². The third kappa shape index (κ3) is 4.01. The first kappa shape index (κ1) is 20.6. The van der Waals surface area contributed by atoms with Crippen molar-refractivity contribution >= 4 is 50.7 Å². The van der Waals surface area contributed by atoms with Gasteiger partial charge in [-0.3, -0.25) is 9.52 Å². The molecule has 0 bridgehead atoms. The molecule has 28 heavy (non-hydrogen) atoms. The van der Waals surface area contributed by atoms with Gasteiger partial charge in [0.05, 0.1) is 35.5 Å². The largest absolute Gasteiger partial charge is 0.495 e. The fourth-order valence-corrected chi connectivity index (χ4v) is 5.13. The summed E-state index contributed by atoms with van der Waals surface area (Å²) in [5.74, 6) is 1.26. The van der Waals surface area contributed by atoms with E-state index < -0.39 is 10.0 Å². The van der Waals surface area contributed by atoms with Crippen molar-refractivity contribution in [2.45, 2.75) is 16.7 Å². The maximum Gasteiger partial charge on any atom is 0.262 e. The molecular weight excluding hydrogens is 424 g/mol. The van der Waals surface area contributed by atoms with E-state index >= 15 is 0 Å². The van der Waals surface area contributed by atoms with Crippen LogP contribution in [0, 0.1) is 0 Å². The summed E-state index contributed by atoms with van der Waals surface area (Å²) in [6.07, 6.45) is 0. The Morgan fingerprint density at radius 1 is 1.18 bits per heavy atom. The van der Waals surface area contributed by atoms with Gasteiger partial charge >= 0.3 is 0 Å². The maximum atomic E-state index is 12.9. The minimum Gasteiger partial charge on any atom is -0.495 e. The van der Waals surface area contributed by atoms with Crippen LogP contribution in [-0.4, -0.2) is 40.8 Å². The number of ether oxygens (including phenoxy) is 2. The first-order chi connectivity index (χ1) is 13.3.